The van der Waals surface area contributed by atoms with E-state index in [9.17, 15) is 27.9 Å². The highest BCUT2D eigenvalue weighted by atomic mass is 35.5. The van der Waals surface area contributed by atoms with Crippen LogP contribution < -0.4 is 11.1 Å². The first-order chi connectivity index (χ1) is 25.6. The van der Waals surface area contributed by atoms with Gasteiger partial charge in [-0.2, -0.15) is 4.31 Å². The standard InChI is InChI=1S/C41H48ClN5O6S/c1-27(2)23-45(54(52,53)33-19-20-34(42)35(43)22-33)25-37(48)36(21-29-11-7-5-8-12-29)44-40(50)39(28(3)4)47-26-38(49)46(41(47)51)24-30-15-17-32(18-16-30)31-13-9-6-10-14-31/h5-20,22,27-28,36-37,39,48H,21,23-26,43H2,1-4H3,(H,44,50)/t36-,37+,39-/m0/s1. The minimum absolute atomic E-state index is 0.0461. The summed E-state index contributed by atoms with van der Waals surface area (Å²) in [5.41, 5.74) is 9.65. The minimum atomic E-state index is -4.14. The van der Waals surface area contributed by atoms with Crippen LogP contribution in [0.3, 0.4) is 0 Å². The number of urea groups is 1. The molecule has 0 spiro atoms. The second-order valence-corrected chi connectivity index (χ2v) is 16.8. The van der Waals surface area contributed by atoms with Crippen molar-refractivity contribution in [2.24, 2.45) is 11.8 Å². The average molecular weight is 774 g/mol. The van der Waals surface area contributed by atoms with E-state index in [1.54, 1.807) is 13.8 Å². The summed E-state index contributed by atoms with van der Waals surface area (Å²) in [4.78, 5) is 43.7. The summed E-state index contributed by atoms with van der Waals surface area (Å²) in [6.07, 6.45) is -1.20. The SMILES string of the molecule is CC(C)CN(C[C@@H](O)[C@H](Cc1ccccc1)NC(=O)[C@H](C(C)C)N1CC(=O)N(Cc2ccc(-c3ccccc3)cc2)C1=O)S(=O)(=O)c1ccc(Cl)c(N)c1. The van der Waals surface area contributed by atoms with Crippen LogP contribution in [-0.2, 0) is 32.6 Å². The van der Waals surface area contributed by atoms with Gasteiger partial charge in [0.1, 0.15) is 12.6 Å². The van der Waals surface area contributed by atoms with Crippen molar-refractivity contribution in [1.29, 1.82) is 0 Å². The number of rotatable bonds is 16. The average Bonchev–Trinajstić information content (AvgIpc) is 3.40. The molecule has 0 unspecified atom stereocenters. The van der Waals surface area contributed by atoms with E-state index >= 15 is 0 Å². The molecule has 1 aliphatic heterocycles. The molecule has 54 heavy (non-hydrogen) atoms. The number of carbonyl (C=O) groups is 3. The van der Waals surface area contributed by atoms with E-state index in [1.165, 1.54) is 27.4 Å². The third kappa shape index (κ3) is 9.67. The van der Waals surface area contributed by atoms with Crippen LogP contribution in [0.5, 0.6) is 0 Å². The zero-order valence-electron chi connectivity index (χ0n) is 30.9. The van der Waals surface area contributed by atoms with Crippen molar-refractivity contribution in [1.82, 2.24) is 19.4 Å². The maximum absolute atomic E-state index is 14.2. The Labute approximate surface area is 322 Å². The van der Waals surface area contributed by atoms with Gasteiger partial charge < -0.3 is 21.1 Å². The summed E-state index contributed by atoms with van der Waals surface area (Å²) in [6, 6.07) is 28.1. The number of amides is 4. The van der Waals surface area contributed by atoms with Gasteiger partial charge in [-0.3, -0.25) is 14.5 Å². The lowest BCUT2D eigenvalue weighted by molar-refractivity contribution is -0.129. The number of nitrogens with two attached hydrogens (primary N) is 1. The molecule has 1 saturated heterocycles. The van der Waals surface area contributed by atoms with Crippen LogP contribution in [0.25, 0.3) is 11.1 Å². The summed E-state index contributed by atoms with van der Waals surface area (Å²) in [6.45, 7) is 6.79. The Bertz CT molecular complexity index is 2030. The van der Waals surface area contributed by atoms with Crippen molar-refractivity contribution >= 4 is 45.2 Å². The highest BCUT2D eigenvalue weighted by molar-refractivity contribution is 7.89. The quantitative estimate of drug-likeness (QED) is 0.0960. The van der Waals surface area contributed by atoms with Crippen LogP contribution in [0.1, 0.15) is 38.8 Å². The van der Waals surface area contributed by atoms with Crippen LogP contribution in [0.4, 0.5) is 10.5 Å². The summed E-state index contributed by atoms with van der Waals surface area (Å²) >= 11 is 6.07. The molecule has 4 aromatic carbocycles. The smallest absolute Gasteiger partial charge is 0.328 e. The normalized spacial score (nSPS) is 15.3. The van der Waals surface area contributed by atoms with Gasteiger partial charge in [0.15, 0.2) is 0 Å². The van der Waals surface area contributed by atoms with Gasteiger partial charge in [-0.05, 0) is 58.7 Å². The lowest BCUT2D eigenvalue weighted by atomic mass is 9.97. The van der Waals surface area contributed by atoms with Gasteiger partial charge in [0.05, 0.1) is 34.3 Å². The predicted molar refractivity (Wildman–Crippen MR) is 211 cm³/mol. The molecular weight excluding hydrogens is 726 g/mol. The highest BCUT2D eigenvalue weighted by Gasteiger charge is 2.44. The Morgan fingerprint density at radius 3 is 2.07 bits per heavy atom. The summed E-state index contributed by atoms with van der Waals surface area (Å²) < 4.78 is 29.0. The molecule has 4 amide bonds. The molecule has 3 atom stereocenters. The molecule has 4 aromatic rings. The third-order valence-corrected chi connectivity index (χ3v) is 11.5. The number of nitrogens with zero attached hydrogens (tertiary/aromatic N) is 3. The van der Waals surface area contributed by atoms with E-state index in [-0.39, 0.29) is 54.1 Å². The maximum atomic E-state index is 14.2. The number of aliphatic hydroxyl groups is 1. The molecule has 0 aromatic heterocycles. The molecule has 0 aliphatic carbocycles. The summed E-state index contributed by atoms with van der Waals surface area (Å²) in [5, 5.41) is 14.9. The van der Waals surface area contributed by atoms with Crippen molar-refractivity contribution in [2.75, 3.05) is 25.4 Å². The van der Waals surface area contributed by atoms with Gasteiger partial charge in [-0.25, -0.2) is 13.2 Å². The first-order valence-electron chi connectivity index (χ1n) is 18.0. The van der Waals surface area contributed by atoms with E-state index in [0.29, 0.717) is 0 Å². The zero-order valence-corrected chi connectivity index (χ0v) is 32.5. The fourth-order valence-corrected chi connectivity index (χ4v) is 8.39. The van der Waals surface area contributed by atoms with E-state index in [0.717, 1.165) is 27.2 Å². The molecule has 1 aliphatic rings. The van der Waals surface area contributed by atoms with Crippen LogP contribution in [0.15, 0.2) is 108 Å². The number of nitrogens with one attached hydrogen (secondary N) is 1. The van der Waals surface area contributed by atoms with Crippen molar-refractivity contribution < 1.29 is 27.9 Å². The Morgan fingerprint density at radius 2 is 1.48 bits per heavy atom. The molecule has 0 bridgehead atoms. The second-order valence-electron chi connectivity index (χ2n) is 14.4. The topological polar surface area (TPSA) is 153 Å². The highest BCUT2D eigenvalue weighted by Crippen LogP contribution is 2.27. The van der Waals surface area contributed by atoms with Gasteiger partial charge in [-0.15, -0.1) is 0 Å². The molecule has 286 valence electrons. The van der Waals surface area contributed by atoms with Gasteiger partial charge >= 0.3 is 6.03 Å². The van der Waals surface area contributed by atoms with E-state index < -0.39 is 52.0 Å². The summed E-state index contributed by atoms with van der Waals surface area (Å²) in [5.74, 6) is -1.50. The first kappa shape index (κ1) is 40.4. The third-order valence-electron chi connectivity index (χ3n) is 9.38. The van der Waals surface area contributed by atoms with Crippen molar-refractivity contribution in [3.05, 3.63) is 119 Å². The molecule has 0 radical (unpaired) electrons. The van der Waals surface area contributed by atoms with E-state index in [1.807, 2.05) is 98.8 Å². The number of hydrogen-bond acceptors (Lipinski definition) is 7. The van der Waals surface area contributed by atoms with Crippen LogP contribution in [0.2, 0.25) is 5.02 Å². The molecular formula is C41H48ClN5O6S. The van der Waals surface area contributed by atoms with E-state index in [2.05, 4.69) is 5.32 Å². The van der Waals surface area contributed by atoms with E-state index in [4.69, 9.17) is 17.3 Å². The van der Waals surface area contributed by atoms with Crippen molar-refractivity contribution in [3.8, 4) is 11.1 Å². The Balaban J connectivity index is 1.36. The molecule has 1 heterocycles. The number of carbonyl (C=O) groups excluding carboxylic acids is 3. The zero-order chi connectivity index (χ0) is 39.2. The van der Waals surface area contributed by atoms with Crippen molar-refractivity contribution in [2.45, 2.75) is 63.7 Å². The van der Waals surface area contributed by atoms with Gasteiger partial charge in [-0.1, -0.05) is 124 Å². The van der Waals surface area contributed by atoms with Gasteiger partial charge in [0, 0.05) is 13.1 Å². The number of nitrogen functional groups attached to an aromatic ring is 1. The number of anilines is 1. The number of imide groups is 1. The van der Waals surface area contributed by atoms with Crippen molar-refractivity contribution in [3.63, 3.8) is 0 Å². The van der Waals surface area contributed by atoms with Gasteiger partial charge in [0.25, 0.3) is 5.91 Å². The molecule has 4 N–H and O–H groups in total. The van der Waals surface area contributed by atoms with Crippen LogP contribution in [-0.4, -0.2) is 83.3 Å². The largest absolute Gasteiger partial charge is 0.397 e. The fourth-order valence-electron chi connectivity index (χ4n) is 6.62. The molecule has 5 rings (SSSR count). The monoisotopic (exact) mass is 773 g/mol. The number of hydrogen-bond donors (Lipinski definition) is 3. The summed E-state index contributed by atoms with van der Waals surface area (Å²) in [7, 11) is -4.14. The molecule has 0 saturated carbocycles. The molecule has 13 heteroatoms. The number of sulfonamides is 1. The Kier molecular flexibility index (Phi) is 13.2. The first-order valence-corrected chi connectivity index (χ1v) is 19.8. The predicted octanol–water partition coefficient (Wildman–Crippen LogP) is 5.81. The maximum Gasteiger partial charge on any atom is 0.328 e. The lowest BCUT2D eigenvalue weighted by Gasteiger charge is -2.34. The minimum Gasteiger partial charge on any atom is -0.397 e. The number of halogens is 1. The number of benzene rings is 4. The van der Waals surface area contributed by atoms with Crippen LogP contribution in [0, 0.1) is 11.8 Å². The molecule has 11 nitrogen and oxygen atoms in total. The van der Waals surface area contributed by atoms with Gasteiger partial charge in [0.2, 0.25) is 15.9 Å². The molecule has 1 fully saturated rings. The lowest BCUT2D eigenvalue weighted by Crippen LogP contribution is -2.57. The fraction of sp³-hybridized carbons (Fsp3) is 0.341. The Morgan fingerprint density at radius 1 is 0.870 bits per heavy atom. The second kappa shape index (κ2) is 17.6. The Hall–Kier alpha value is -4.75. The number of aliphatic hydroxyl groups excluding tert-OH is 1. The van der Waals surface area contributed by atoms with Crippen LogP contribution >= 0.6 is 11.6 Å².